The molecule has 0 aromatic heterocycles. The zero-order valence-electron chi connectivity index (χ0n) is 21.7. The summed E-state index contributed by atoms with van der Waals surface area (Å²) in [6, 6.07) is 11.4. The quantitative estimate of drug-likeness (QED) is 0.414. The number of nitrogens with one attached hydrogen (secondary N) is 2. The van der Waals surface area contributed by atoms with Gasteiger partial charge < -0.3 is 20.3 Å². The Balaban J connectivity index is 1.30. The van der Waals surface area contributed by atoms with E-state index in [1.165, 1.54) is 0 Å². The van der Waals surface area contributed by atoms with E-state index in [4.69, 9.17) is 39.5 Å². The van der Waals surface area contributed by atoms with E-state index in [1.807, 2.05) is 24.3 Å². The highest BCUT2D eigenvalue weighted by atomic mass is 35.5. The van der Waals surface area contributed by atoms with Gasteiger partial charge in [0.1, 0.15) is 11.6 Å². The number of rotatable bonds is 7. The standard InChI is InChI=1S/C30H30Cl3N3O4/c31-18-14-19(32)16-21(15-18)35-27(37)24-23-10-12-30(40-23)25(24)29(39)36(13-11-17-6-4-5-9-22(17)33)26(30)28(38)34-20-7-2-1-3-8-20/h4-6,9-10,12,14-16,20,23-26H,1-3,7-8,11,13H2,(H,34,38)(H,35,37)/t23-,24-,25-,26+,30-/m0/s1. The molecule has 2 aromatic rings. The number of benzene rings is 2. The molecule has 0 radical (unpaired) electrons. The van der Waals surface area contributed by atoms with Crippen molar-refractivity contribution >= 4 is 58.2 Å². The van der Waals surface area contributed by atoms with E-state index in [-0.39, 0.29) is 30.3 Å². The zero-order chi connectivity index (χ0) is 28.0. The van der Waals surface area contributed by atoms with Crippen LogP contribution in [0.4, 0.5) is 5.69 Å². The van der Waals surface area contributed by atoms with E-state index in [1.54, 1.807) is 35.2 Å². The third-order valence-electron chi connectivity index (χ3n) is 8.59. The summed E-state index contributed by atoms with van der Waals surface area (Å²) in [6.45, 7) is 0.268. The first-order valence-corrected chi connectivity index (χ1v) is 14.9. The predicted octanol–water partition coefficient (Wildman–Crippen LogP) is 5.43. The number of fused-ring (bicyclic) bond motifs is 1. The van der Waals surface area contributed by atoms with E-state index in [9.17, 15) is 14.4 Å². The smallest absolute Gasteiger partial charge is 0.246 e. The van der Waals surface area contributed by atoms with Crippen molar-refractivity contribution < 1.29 is 19.1 Å². The van der Waals surface area contributed by atoms with Crippen molar-refractivity contribution in [3.63, 3.8) is 0 Å². The summed E-state index contributed by atoms with van der Waals surface area (Å²) in [4.78, 5) is 43.3. The highest BCUT2D eigenvalue weighted by Crippen LogP contribution is 2.55. The highest BCUT2D eigenvalue weighted by molar-refractivity contribution is 6.35. The van der Waals surface area contributed by atoms with Crippen molar-refractivity contribution in [2.45, 2.75) is 62.3 Å². The molecule has 3 aliphatic heterocycles. The van der Waals surface area contributed by atoms with Crippen LogP contribution in [-0.2, 0) is 25.5 Å². The molecule has 0 unspecified atom stereocenters. The second-order valence-electron chi connectivity index (χ2n) is 11.1. The first kappa shape index (κ1) is 27.6. The molecule has 3 amide bonds. The minimum absolute atomic E-state index is 0.0616. The summed E-state index contributed by atoms with van der Waals surface area (Å²) < 4.78 is 6.43. The van der Waals surface area contributed by atoms with Gasteiger partial charge in [-0.25, -0.2) is 0 Å². The molecule has 40 heavy (non-hydrogen) atoms. The molecule has 7 nitrogen and oxygen atoms in total. The topological polar surface area (TPSA) is 87.7 Å². The summed E-state index contributed by atoms with van der Waals surface area (Å²) in [5.41, 5.74) is 0.0800. The third-order valence-corrected chi connectivity index (χ3v) is 9.39. The van der Waals surface area contributed by atoms with Crippen molar-refractivity contribution in [3.05, 3.63) is 75.2 Å². The molecule has 1 saturated carbocycles. The van der Waals surface area contributed by atoms with Crippen LogP contribution in [0.2, 0.25) is 15.1 Å². The maximum Gasteiger partial charge on any atom is 0.246 e. The molecule has 4 aliphatic rings. The molecule has 2 N–H and O–H groups in total. The van der Waals surface area contributed by atoms with Crippen LogP contribution in [-0.4, -0.2) is 53.0 Å². The lowest BCUT2D eigenvalue weighted by Crippen LogP contribution is -2.56. The van der Waals surface area contributed by atoms with Crippen LogP contribution < -0.4 is 10.6 Å². The Hall–Kier alpha value is -2.58. The Morgan fingerprint density at radius 2 is 1.73 bits per heavy atom. The van der Waals surface area contributed by atoms with Crippen LogP contribution in [0.1, 0.15) is 37.7 Å². The molecule has 10 heteroatoms. The van der Waals surface area contributed by atoms with Crippen molar-refractivity contribution in [2.24, 2.45) is 11.8 Å². The SMILES string of the molecule is O=C(Nc1cc(Cl)cc(Cl)c1)[C@H]1[C@@H]2C=C[C@]3(O2)[C@@H]1C(=O)N(CCc1ccccc1Cl)[C@@H]3C(=O)NC1CCCCC1. The van der Waals surface area contributed by atoms with Crippen molar-refractivity contribution in [1.82, 2.24) is 10.2 Å². The van der Waals surface area contributed by atoms with E-state index >= 15 is 0 Å². The summed E-state index contributed by atoms with van der Waals surface area (Å²) in [7, 11) is 0. The van der Waals surface area contributed by atoms with Crippen LogP contribution in [0.5, 0.6) is 0 Å². The largest absolute Gasteiger partial charge is 0.359 e. The van der Waals surface area contributed by atoms with Crippen molar-refractivity contribution in [1.29, 1.82) is 0 Å². The maximum atomic E-state index is 14.1. The Labute approximate surface area is 248 Å². The van der Waals surface area contributed by atoms with Crippen LogP contribution in [0.3, 0.4) is 0 Å². The second-order valence-corrected chi connectivity index (χ2v) is 12.3. The molecular weight excluding hydrogens is 573 g/mol. The van der Waals surface area contributed by atoms with Gasteiger partial charge in [0, 0.05) is 33.3 Å². The Bertz CT molecular complexity index is 1360. The lowest BCUT2D eigenvalue weighted by atomic mass is 9.74. The number of likely N-dealkylation sites (tertiary alicyclic amines) is 1. The molecule has 5 atom stereocenters. The number of hydrogen-bond acceptors (Lipinski definition) is 4. The Morgan fingerprint density at radius 3 is 2.45 bits per heavy atom. The van der Waals surface area contributed by atoms with E-state index in [0.717, 1.165) is 37.7 Å². The minimum Gasteiger partial charge on any atom is -0.359 e. The lowest BCUT2D eigenvalue weighted by Gasteiger charge is -2.34. The molecule has 3 heterocycles. The van der Waals surface area contributed by atoms with Gasteiger partial charge in [-0.1, -0.05) is 84.4 Å². The average molecular weight is 603 g/mol. The molecule has 3 fully saturated rings. The molecular formula is C30H30Cl3N3O4. The molecule has 2 bridgehead atoms. The summed E-state index contributed by atoms with van der Waals surface area (Å²) in [5, 5.41) is 7.43. The van der Waals surface area contributed by atoms with Crippen molar-refractivity contribution in [2.75, 3.05) is 11.9 Å². The molecule has 6 rings (SSSR count). The first-order valence-electron chi connectivity index (χ1n) is 13.8. The molecule has 2 saturated heterocycles. The van der Waals surface area contributed by atoms with E-state index in [0.29, 0.717) is 27.2 Å². The Morgan fingerprint density at radius 1 is 1.00 bits per heavy atom. The lowest BCUT2D eigenvalue weighted by molar-refractivity contribution is -0.141. The van der Waals surface area contributed by atoms with Crippen LogP contribution >= 0.6 is 34.8 Å². The summed E-state index contributed by atoms with van der Waals surface area (Å²) in [6.07, 6.45) is 8.57. The first-order chi connectivity index (χ1) is 19.3. The fourth-order valence-corrected chi connectivity index (χ4v) is 7.58. The van der Waals surface area contributed by atoms with Gasteiger partial charge in [0.2, 0.25) is 17.7 Å². The molecule has 2 aromatic carbocycles. The number of ether oxygens (including phenoxy) is 1. The predicted molar refractivity (Wildman–Crippen MR) is 154 cm³/mol. The molecule has 1 aliphatic carbocycles. The monoisotopic (exact) mass is 601 g/mol. The number of nitrogens with zero attached hydrogens (tertiary/aromatic N) is 1. The van der Waals surface area contributed by atoms with Gasteiger partial charge in [-0.2, -0.15) is 0 Å². The average Bonchev–Trinajstić information content (AvgIpc) is 3.55. The zero-order valence-corrected chi connectivity index (χ0v) is 24.0. The fourth-order valence-electron chi connectivity index (χ4n) is 6.83. The van der Waals surface area contributed by atoms with E-state index in [2.05, 4.69) is 10.6 Å². The number of halogens is 3. The maximum absolute atomic E-state index is 14.1. The number of amides is 3. The Kier molecular flexibility index (Phi) is 7.59. The normalized spacial score (nSPS) is 29.1. The van der Waals surface area contributed by atoms with Gasteiger partial charge in [-0.05, 0) is 49.1 Å². The van der Waals surface area contributed by atoms with Gasteiger partial charge in [0.25, 0.3) is 0 Å². The highest BCUT2D eigenvalue weighted by Gasteiger charge is 2.72. The number of hydrogen-bond donors (Lipinski definition) is 2. The number of anilines is 1. The summed E-state index contributed by atoms with van der Waals surface area (Å²) in [5.74, 6) is -2.55. The van der Waals surface area contributed by atoms with Crippen molar-refractivity contribution in [3.8, 4) is 0 Å². The van der Waals surface area contributed by atoms with Gasteiger partial charge in [-0.3, -0.25) is 14.4 Å². The van der Waals surface area contributed by atoms with Crippen LogP contribution in [0, 0.1) is 11.8 Å². The summed E-state index contributed by atoms with van der Waals surface area (Å²) >= 11 is 18.7. The number of carbonyl (C=O) groups is 3. The molecule has 210 valence electrons. The van der Waals surface area contributed by atoms with Gasteiger partial charge in [0.15, 0.2) is 0 Å². The third kappa shape index (κ3) is 4.91. The van der Waals surface area contributed by atoms with Crippen LogP contribution in [0.25, 0.3) is 0 Å². The minimum atomic E-state index is -1.23. The van der Waals surface area contributed by atoms with Gasteiger partial charge in [0.05, 0.1) is 17.9 Å². The van der Waals surface area contributed by atoms with Gasteiger partial charge in [-0.15, -0.1) is 0 Å². The second kappa shape index (κ2) is 11.0. The van der Waals surface area contributed by atoms with Gasteiger partial charge >= 0.3 is 0 Å². The van der Waals surface area contributed by atoms with Crippen LogP contribution in [0.15, 0.2) is 54.6 Å². The molecule has 1 spiro atoms. The fraction of sp³-hybridized carbons (Fsp3) is 0.433. The van der Waals surface area contributed by atoms with E-state index < -0.39 is 29.6 Å². The number of carbonyl (C=O) groups excluding carboxylic acids is 3.